The fourth-order valence-electron chi connectivity index (χ4n) is 2.81. The third-order valence-electron chi connectivity index (χ3n) is 3.86. The van der Waals surface area contributed by atoms with Gasteiger partial charge in [-0.1, -0.05) is 43.9 Å². The van der Waals surface area contributed by atoms with Crippen molar-refractivity contribution in [3.05, 3.63) is 42.7 Å². The molecule has 100 valence electrons. The first-order valence-electron chi connectivity index (χ1n) is 7.29. The van der Waals surface area contributed by atoms with E-state index in [9.17, 15) is 0 Å². The van der Waals surface area contributed by atoms with E-state index in [0.29, 0.717) is 6.04 Å². The number of nitrogens with one attached hydrogen (secondary N) is 1. The Bertz CT molecular complexity index is 496. The van der Waals surface area contributed by atoms with Gasteiger partial charge in [0.25, 0.3) is 0 Å². The summed E-state index contributed by atoms with van der Waals surface area (Å²) in [4.78, 5) is 4.47. The number of benzene rings is 1. The van der Waals surface area contributed by atoms with Crippen LogP contribution in [0.2, 0.25) is 0 Å². The van der Waals surface area contributed by atoms with Crippen molar-refractivity contribution >= 4 is 5.95 Å². The molecule has 1 aromatic carbocycles. The Morgan fingerprint density at radius 2 is 1.74 bits per heavy atom. The quantitative estimate of drug-likeness (QED) is 0.840. The van der Waals surface area contributed by atoms with Crippen LogP contribution < -0.4 is 5.32 Å². The second-order valence-electron chi connectivity index (χ2n) is 5.29. The van der Waals surface area contributed by atoms with E-state index in [1.54, 1.807) is 0 Å². The van der Waals surface area contributed by atoms with Crippen molar-refractivity contribution in [1.29, 1.82) is 0 Å². The molecule has 3 rings (SSSR count). The van der Waals surface area contributed by atoms with Crippen molar-refractivity contribution in [3.63, 3.8) is 0 Å². The largest absolute Gasteiger partial charge is 0.353 e. The lowest BCUT2D eigenvalue weighted by molar-refractivity contribution is 0.613. The van der Waals surface area contributed by atoms with Gasteiger partial charge in [-0.15, -0.1) is 0 Å². The van der Waals surface area contributed by atoms with E-state index in [0.717, 1.165) is 11.6 Å². The summed E-state index contributed by atoms with van der Waals surface area (Å²) in [5.41, 5.74) is 1.16. The second-order valence-corrected chi connectivity index (χ2v) is 5.29. The lowest BCUT2D eigenvalue weighted by Crippen LogP contribution is -2.20. The number of imidazole rings is 1. The highest BCUT2D eigenvalue weighted by Gasteiger charge is 2.14. The first-order chi connectivity index (χ1) is 9.43. The highest BCUT2D eigenvalue weighted by molar-refractivity contribution is 5.42. The number of rotatable bonds is 3. The van der Waals surface area contributed by atoms with Crippen molar-refractivity contribution in [2.24, 2.45) is 0 Å². The lowest BCUT2D eigenvalue weighted by Gasteiger charge is -2.18. The van der Waals surface area contributed by atoms with E-state index in [2.05, 4.69) is 39.1 Å². The van der Waals surface area contributed by atoms with Gasteiger partial charge in [-0.05, 0) is 25.0 Å². The average Bonchev–Trinajstić information content (AvgIpc) is 2.75. The normalized spacial score (nSPS) is 17.1. The summed E-state index contributed by atoms with van der Waals surface area (Å²) in [6, 6.07) is 11.0. The van der Waals surface area contributed by atoms with Crippen molar-refractivity contribution in [2.75, 3.05) is 5.32 Å². The van der Waals surface area contributed by atoms with Crippen LogP contribution in [0.5, 0.6) is 0 Å². The third-order valence-corrected chi connectivity index (χ3v) is 3.86. The van der Waals surface area contributed by atoms with Crippen LogP contribution in [-0.4, -0.2) is 15.6 Å². The molecule has 3 heteroatoms. The summed E-state index contributed by atoms with van der Waals surface area (Å²) < 4.78 is 2.13. The van der Waals surface area contributed by atoms with E-state index in [4.69, 9.17) is 0 Å². The molecule has 3 nitrogen and oxygen atoms in total. The van der Waals surface area contributed by atoms with Gasteiger partial charge in [-0.2, -0.15) is 0 Å². The molecule has 0 radical (unpaired) electrons. The first-order valence-corrected chi connectivity index (χ1v) is 7.29. The summed E-state index contributed by atoms with van der Waals surface area (Å²) in [7, 11) is 0. The Morgan fingerprint density at radius 3 is 2.47 bits per heavy atom. The minimum absolute atomic E-state index is 0.576. The molecule has 1 fully saturated rings. The number of aromatic nitrogens is 2. The monoisotopic (exact) mass is 255 g/mol. The molecule has 1 saturated carbocycles. The SMILES string of the molecule is c1ccc(-n2ccnc2NC2CCCCCC2)cc1. The average molecular weight is 255 g/mol. The molecule has 0 atom stereocenters. The topological polar surface area (TPSA) is 29.9 Å². The molecule has 0 unspecified atom stereocenters. The van der Waals surface area contributed by atoms with Crippen LogP contribution in [0.15, 0.2) is 42.7 Å². The fraction of sp³-hybridized carbons (Fsp3) is 0.438. The molecule has 1 aliphatic carbocycles. The molecule has 0 bridgehead atoms. The number of nitrogens with zero attached hydrogens (tertiary/aromatic N) is 2. The highest BCUT2D eigenvalue weighted by atomic mass is 15.2. The van der Waals surface area contributed by atoms with E-state index in [1.807, 2.05) is 18.5 Å². The summed E-state index contributed by atoms with van der Waals surface area (Å²) in [5.74, 6) is 0.970. The van der Waals surface area contributed by atoms with Gasteiger partial charge in [0.05, 0.1) is 0 Å². The summed E-state index contributed by atoms with van der Waals surface area (Å²) in [6.45, 7) is 0. The van der Waals surface area contributed by atoms with Gasteiger partial charge >= 0.3 is 0 Å². The number of anilines is 1. The summed E-state index contributed by atoms with van der Waals surface area (Å²) in [6.07, 6.45) is 11.9. The molecule has 0 amide bonds. The van der Waals surface area contributed by atoms with Gasteiger partial charge in [-0.25, -0.2) is 4.98 Å². The maximum absolute atomic E-state index is 4.47. The predicted molar refractivity (Wildman–Crippen MR) is 78.7 cm³/mol. The zero-order valence-corrected chi connectivity index (χ0v) is 11.3. The smallest absolute Gasteiger partial charge is 0.207 e. The van der Waals surface area contributed by atoms with Crippen LogP contribution in [0, 0.1) is 0 Å². The molecule has 1 aromatic heterocycles. The van der Waals surface area contributed by atoms with E-state index < -0.39 is 0 Å². The molecule has 1 aliphatic rings. The van der Waals surface area contributed by atoms with E-state index >= 15 is 0 Å². The minimum Gasteiger partial charge on any atom is -0.353 e. The second kappa shape index (κ2) is 5.91. The molecule has 0 spiro atoms. The van der Waals surface area contributed by atoms with Crippen LogP contribution in [0.1, 0.15) is 38.5 Å². The molecule has 1 N–H and O–H groups in total. The maximum atomic E-state index is 4.47. The zero-order chi connectivity index (χ0) is 12.9. The fourth-order valence-corrected chi connectivity index (χ4v) is 2.81. The minimum atomic E-state index is 0.576. The van der Waals surface area contributed by atoms with Crippen molar-refractivity contribution in [2.45, 2.75) is 44.6 Å². The Balaban J connectivity index is 1.76. The Hall–Kier alpha value is -1.77. The number of para-hydroxylation sites is 1. The zero-order valence-electron chi connectivity index (χ0n) is 11.3. The molecule has 1 heterocycles. The number of hydrogen-bond donors (Lipinski definition) is 1. The van der Waals surface area contributed by atoms with Crippen molar-refractivity contribution in [3.8, 4) is 5.69 Å². The van der Waals surface area contributed by atoms with Gasteiger partial charge < -0.3 is 5.32 Å². The Morgan fingerprint density at radius 1 is 1.00 bits per heavy atom. The molecular weight excluding hydrogens is 234 g/mol. The van der Waals surface area contributed by atoms with Gasteiger partial charge in [0, 0.05) is 24.1 Å². The molecule has 2 aromatic rings. The lowest BCUT2D eigenvalue weighted by atomic mass is 10.1. The van der Waals surface area contributed by atoms with Crippen LogP contribution in [-0.2, 0) is 0 Å². The molecule has 0 aliphatic heterocycles. The van der Waals surface area contributed by atoms with Crippen LogP contribution in [0.3, 0.4) is 0 Å². The Kier molecular flexibility index (Phi) is 3.82. The summed E-state index contributed by atoms with van der Waals surface area (Å²) >= 11 is 0. The predicted octanol–water partition coefficient (Wildman–Crippen LogP) is 4.01. The van der Waals surface area contributed by atoms with Crippen molar-refractivity contribution in [1.82, 2.24) is 9.55 Å². The Labute approximate surface area is 114 Å². The van der Waals surface area contributed by atoms with E-state index in [1.165, 1.54) is 38.5 Å². The first kappa shape index (κ1) is 12.3. The van der Waals surface area contributed by atoms with E-state index in [-0.39, 0.29) is 0 Å². The van der Waals surface area contributed by atoms with Gasteiger partial charge in [0.1, 0.15) is 0 Å². The molecular formula is C16H21N3. The van der Waals surface area contributed by atoms with Gasteiger partial charge in [0.15, 0.2) is 0 Å². The molecule has 0 saturated heterocycles. The standard InChI is InChI=1S/C16H21N3/c1-2-5-9-14(8-4-1)18-16-17-12-13-19(16)15-10-6-3-7-11-15/h3,6-7,10-14H,1-2,4-5,8-9H2,(H,17,18). The summed E-state index contributed by atoms with van der Waals surface area (Å²) in [5, 5.41) is 3.62. The number of hydrogen-bond acceptors (Lipinski definition) is 2. The van der Waals surface area contributed by atoms with Crippen LogP contribution in [0.25, 0.3) is 5.69 Å². The van der Waals surface area contributed by atoms with Crippen LogP contribution >= 0.6 is 0 Å². The highest BCUT2D eigenvalue weighted by Crippen LogP contribution is 2.22. The van der Waals surface area contributed by atoms with Gasteiger partial charge in [-0.3, -0.25) is 4.57 Å². The third kappa shape index (κ3) is 2.98. The van der Waals surface area contributed by atoms with Crippen molar-refractivity contribution < 1.29 is 0 Å². The van der Waals surface area contributed by atoms with Gasteiger partial charge in [0.2, 0.25) is 5.95 Å². The van der Waals surface area contributed by atoms with Crippen LogP contribution in [0.4, 0.5) is 5.95 Å². The maximum Gasteiger partial charge on any atom is 0.207 e. The molecule has 19 heavy (non-hydrogen) atoms.